The molecule has 0 bridgehead atoms. The van der Waals surface area contributed by atoms with Crippen LogP contribution in [0.2, 0.25) is 0 Å². The summed E-state index contributed by atoms with van der Waals surface area (Å²) in [7, 11) is 0. The van der Waals surface area contributed by atoms with Crippen molar-refractivity contribution in [1.82, 2.24) is 5.16 Å². The van der Waals surface area contributed by atoms with Crippen LogP contribution in [-0.2, 0) is 0 Å². The molecule has 96 valence electrons. The number of nitrogens with two attached hydrogens (primary N) is 1. The van der Waals surface area contributed by atoms with Gasteiger partial charge in [-0.15, -0.1) is 0 Å². The van der Waals surface area contributed by atoms with Crippen LogP contribution >= 0.6 is 0 Å². The monoisotopic (exact) mass is 255 g/mol. The van der Waals surface area contributed by atoms with Crippen LogP contribution in [0.25, 0.3) is 0 Å². The normalized spacial score (nSPS) is 9.58. The van der Waals surface area contributed by atoms with Gasteiger partial charge < -0.3 is 15.6 Å². The Balaban J connectivity index is 2.25. The highest BCUT2D eigenvalue weighted by Crippen LogP contribution is 2.13. The zero-order valence-corrected chi connectivity index (χ0v) is 10.4. The number of hydrogen-bond donors (Lipinski definition) is 2. The Morgan fingerprint density at radius 3 is 3.00 bits per heavy atom. The van der Waals surface area contributed by atoms with Crippen molar-refractivity contribution in [2.24, 2.45) is 5.73 Å². The van der Waals surface area contributed by atoms with Crippen molar-refractivity contribution in [2.45, 2.75) is 6.92 Å². The maximum absolute atomic E-state index is 12.1. The fraction of sp³-hybridized carbons (Fsp3) is 0.143. The molecule has 0 aliphatic carbocycles. The average molecular weight is 255 g/mol. The number of rotatable bonds is 2. The van der Waals surface area contributed by atoms with Crippen LogP contribution in [0.4, 0.5) is 5.82 Å². The number of amides is 1. The van der Waals surface area contributed by atoms with Crippen molar-refractivity contribution in [3.8, 4) is 11.8 Å². The lowest BCUT2D eigenvalue weighted by molar-refractivity contribution is 0.102. The molecule has 0 aliphatic heterocycles. The standard InChI is InChI=1S/C14H13N3O2/c1-10-4-5-11(3-2-7-15)9-12(10)14(18)16-13-6-8-19-17-13/h4-6,8-9H,7,15H2,1H3,(H,16,17,18). The first-order valence-electron chi connectivity index (χ1n) is 5.72. The summed E-state index contributed by atoms with van der Waals surface area (Å²) in [6.07, 6.45) is 1.39. The Bertz CT molecular complexity index is 636. The SMILES string of the molecule is Cc1ccc(C#CCN)cc1C(=O)Nc1ccon1. The van der Waals surface area contributed by atoms with Gasteiger partial charge in [-0.05, 0) is 24.6 Å². The van der Waals surface area contributed by atoms with Crippen molar-refractivity contribution < 1.29 is 9.32 Å². The summed E-state index contributed by atoms with van der Waals surface area (Å²) < 4.78 is 4.66. The maximum atomic E-state index is 12.1. The van der Waals surface area contributed by atoms with E-state index >= 15 is 0 Å². The lowest BCUT2D eigenvalue weighted by Crippen LogP contribution is -2.13. The molecule has 0 spiro atoms. The van der Waals surface area contributed by atoms with Gasteiger partial charge in [-0.3, -0.25) is 4.79 Å². The fourth-order valence-corrected chi connectivity index (χ4v) is 1.56. The molecule has 0 saturated heterocycles. The summed E-state index contributed by atoms with van der Waals surface area (Å²) in [4.78, 5) is 12.1. The smallest absolute Gasteiger partial charge is 0.257 e. The van der Waals surface area contributed by atoms with Gasteiger partial charge in [0.25, 0.3) is 5.91 Å². The van der Waals surface area contributed by atoms with Crippen LogP contribution in [0.1, 0.15) is 21.5 Å². The van der Waals surface area contributed by atoms with Crippen LogP contribution in [-0.4, -0.2) is 17.6 Å². The number of nitrogens with one attached hydrogen (secondary N) is 1. The summed E-state index contributed by atoms with van der Waals surface area (Å²) in [6, 6.07) is 7.00. The molecule has 3 N–H and O–H groups in total. The van der Waals surface area contributed by atoms with Gasteiger partial charge in [0, 0.05) is 17.2 Å². The molecular formula is C14H13N3O2. The third kappa shape index (κ3) is 3.21. The van der Waals surface area contributed by atoms with E-state index in [1.54, 1.807) is 12.1 Å². The molecule has 0 radical (unpaired) electrons. The highest BCUT2D eigenvalue weighted by Gasteiger charge is 2.11. The van der Waals surface area contributed by atoms with Crippen molar-refractivity contribution >= 4 is 11.7 Å². The van der Waals surface area contributed by atoms with E-state index in [4.69, 9.17) is 5.73 Å². The molecule has 5 heteroatoms. The van der Waals surface area contributed by atoms with Crippen LogP contribution in [0.15, 0.2) is 35.1 Å². The van der Waals surface area contributed by atoms with Crippen molar-refractivity contribution in [3.63, 3.8) is 0 Å². The first-order valence-corrected chi connectivity index (χ1v) is 5.72. The number of carbonyl (C=O) groups excluding carboxylic acids is 1. The molecule has 19 heavy (non-hydrogen) atoms. The molecule has 0 atom stereocenters. The maximum Gasteiger partial charge on any atom is 0.257 e. The molecule has 2 rings (SSSR count). The molecule has 1 aromatic carbocycles. The van der Waals surface area contributed by atoms with Gasteiger partial charge in [-0.1, -0.05) is 23.1 Å². The zero-order chi connectivity index (χ0) is 13.7. The fourth-order valence-electron chi connectivity index (χ4n) is 1.56. The van der Waals surface area contributed by atoms with Crippen molar-refractivity contribution in [3.05, 3.63) is 47.2 Å². The number of aromatic nitrogens is 1. The van der Waals surface area contributed by atoms with E-state index < -0.39 is 0 Å². The van der Waals surface area contributed by atoms with E-state index in [1.165, 1.54) is 6.26 Å². The molecule has 0 aliphatic rings. The van der Waals surface area contributed by atoms with Crippen LogP contribution in [0.3, 0.4) is 0 Å². The van der Waals surface area contributed by atoms with E-state index in [0.29, 0.717) is 11.4 Å². The van der Waals surface area contributed by atoms with Gasteiger partial charge >= 0.3 is 0 Å². The van der Waals surface area contributed by atoms with Crippen molar-refractivity contribution in [2.75, 3.05) is 11.9 Å². The largest absolute Gasteiger partial charge is 0.363 e. The van der Waals surface area contributed by atoms with E-state index in [9.17, 15) is 4.79 Å². The lowest BCUT2D eigenvalue weighted by Gasteiger charge is -2.05. The molecule has 1 aromatic heterocycles. The van der Waals surface area contributed by atoms with E-state index in [1.807, 2.05) is 19.1 Å². The third-order valence-corrected chi connectivity index (χ3v) is 2.50. The number of benzene rings is 1. The highest BCUT2D eigenvalue weighted by atomic mass is 16.5. The van der Waals surface area contributed by atoms with Crippen LogP contribution < -0.4 is 11.1 Å². The summed E-state index contributed by atoms with van der Waals surface area (Å²) in [5.74, 6) is 5.78. The van der Waals surface area contributed by atoms with E-state index in [0.717, 1.165) is 11.1 Å². The summed E-state index contributed by atoms with van der Waals surface area (Å²) >= 11 is 0. The zero-order valence-electron chi connectivity index (χ0n) is 10.4. The summed E-state index contributed by atoms with van der Waals surface area (Å²) in [5, 5.41) is 6.28. The number of carbonyl (C=O) groups is 1. The topological polar surface area (TPSA) is 81.2 Å². The molecule has 5 nitrogen and oxygen atoms in total. The minimum Gasteiger partial charge on any atom is -0.363 e. The number of nitrogens with zero attached hydrogens (tertiary/aromatic N) is 1. The van der Waals surface area contributed by atoms with Gasteiger partial charge in [0.15, 0.2) is 5.82 Å². The second-order valence-electron chi connectivity index (χ2n) is 3.87. The Labute approximate surface area is 110 Å². The Morgan fingerprint density at radius 1 is 1.47 bits per heavy atom. The second-order valence-corrected chi connectivity index (χ2v) is 3.87. The quantitative estimate of drug-likeness (QED) is 0.798. The molecule has 0 fully saturated rings. The molecule has 1 heterocycles. The molecule has 0 saturated carbocycles. The molecule has 2 aromatic rings. The van der Waals surface area contributed by atoms with E-state index in [2.05, 4.69) is 26.8 Å². The Kier molecular flexibility index (Phi) is 3.96. The minimum atomic E-state index is -0.247. The average Bonchev–Trinajstić information content (AvgIpc) is 2.90. The minimum absolute atomic E-state index is 0.247. The van der Waals surface area contributed by atoms with Gasteiger partial charge in [0.1, 0.15) is 6.26 Å². The number of aryl methyl sites for hydroxylation is 1. The van der Waals surface area contributed by atoms with Crippen LogP contribution in [0, 0.1) is 18.8 Å². The molecule has 0 unspecified atom stereocenters. The third-order valence-electron chi connectivity index (χ3n) is 2.50. The number of hydrogen-bond acceptors (Lipinski definition) is 4. The predicted octanol–water partition coefficient (Wildman–Crippen LogP) is 1.55. The van der Waals surface area contributed by atoms with Crippen LogP contribution in [0.5, 0.6) is 0 Å². The first kappa shape index (κ1) is 12.9. The first-order chi connectivity index (χ1) is 9.20. The lowest BCUT2D eigenvalue weighted by atomic mass is 10.0. The van der Waals surface area contributed by atoms with Gasteiger partial charge in [0.2, 0.25) is 0 Å². The van der Waals surface area contributed by atoms with Gasteiger partial charge in [-0.25, -0.2) is 0 Å². The summed E-state index contributed by atoms with van der Waals surface area (Å²) in [6.45, 7) is 2.15. The van der Waals surface area contributed by atoms with Gasteiger partial charge in [0.05, 0.1) is 6.54 Å². The Hall–Kier alpha value is -2.58. The Morgan fingerprint density at radius 2 is 2.32 bits per heavy atom. The second kappa shape index (κ2) is 5.85. The predicted molar refractivity (Wildman–Crippen MR) is 71.6 cm³/mol. The molecule has 1 amide bonds. The number of anilines is 1. The van der Waals surface area contributed by atoms with Crippen molar-refractivity contribution in [1.29, 1.82) is 0 Å². The summed E-state index contributed by atoms with van der Waals surface area (Å²) in [5.41, 5.74) is 7.48. The molecular weight excluding hydrogens is 242 g/mol. The van der Waals surface area contributed by atoms with E-state index in [-0.39, 0.29) is 12.5 Å². The van der Waals surface area contributed by atoms with Gasteiger partial charge in [-0.2, -0.15) is 0 Å². The highest BCUT2D eigenvalue weighted by molar-refractivity contribution is 6.04.